The number of aliphatic hydroxyl groups is 2. The van der Waals surface area contributed by atoms with Crippen molar-refractivity contribution in [2.24, 2.45) is 5.41 Å². The smallest absolute Gasteiger partial charge is 0.0757 e. The van der Waals surface area contributed by atoms with Gasteiger partial charge in [0.1, 0.15) is 0 Å². The van der Waals surface area contributed by atoms with Crippen LogP contribution in [0.3, 0.4) is 0 Å². The third-order valence-electron chi connectivity index (χ3n) is 3.52. The first kappa shape index (κ1) is 10.7. The first-order chi connectivity index (χ1) is 6.08. The average molecular weight is 184 g/mol. The second-order valence-corrected chi connectivity index (χ2v) is 4.37. The van der Waals surface area contributed by atoms with Gasteiger partial charge in [-0.05, 0) is 12.8 Å². The van der Waals surface area contributed by atoms with Gasteiger partial charge in [-0.3, -0.25) is 0 Å². The maximum absolute atomic E-state index is 10.4. The molecule has 1 atom stereocenters. The maximum Gasteiger partial charge on any atom is 0.0757 e. The van der Waals surface area contributed by atoms with Crippen molar-refractivity contribution >= 4 is 0 Å². The van der Waals surface area contributed by atoms with Crippen molar-refractivity contribution in [3.05, 3.63) is 12.7 Å². The van der Waals surface area contributed by atoms with Crippen LogP contribution in [-0.2, 0) is 0 Å². The summed E-state index contributed by atoms with van der Waals surface area (Å²) in [7, 11) is 0. The molecule has 2 heteroatoms. The highest BCUT2D eigenvalue weighted by Crippen LogP contribution is 2.42. The standard InChI is InChI=1S/C11H20O2/c1-3-10(2,9-12)11(13)7-5-4-6-8-11/h3,12-13H,1,4-9H2,2H3. The number of hydrogen-bond acceptors (Lipinski definition) is 2. The Morgan fingerprint density at radius 2 is 1.92 bits per heavy atom. The van der Waals surface area contributed by atoms with E-state index in [1.54, 1.807) is 6.08 Å². The summed E-state index contributed by atoms with van der Waals surface area (Å²) in [5.41, 5.74) is -1.27. The van der Waals surface area contributed by atoms with Gasteiger partial charge in [-0.2, -0.15) is 0 Å². The summed E-state index contributed by atoms with van der Waals surface area (Å²) in [6, 6.07) is 0. The van der Waals surface area contributed by atoms with Crippen LogP contribution in [0, 0.1) is 5.41 Å². The summed E-state index contributed by atoms with van der Waals surface area (Å²) < 4.78 is 0. The van der Waals surface area contributed by atoms with Crippen molar-refractivity contribution in [1.29, 1.82) is 0 Å². The molecule has 0 heterocycles. The van der Waals surface area contributed by atoms with Crippen LogP contribution in [0.15, 0.2) is 12.7 Å². The Hall–Kier alpha value is -0.340. The topological polar surface area (TPSA) is 40.5 Å². The molecule has 2 nitrogen and oxygen atoms in total. The summed E-state index contributed by atoms with van der Waals surface area (Å²) in [6.45, 7) is 5.56. The summed E-state index contributed by atoms with van der Waals surface area (Å²) in [4.78, 5) is 0. The minimum absolute atomic E-state index is 0.0208. The summed E-state index contributed by atoms with van der Waals surface area (Å²) in [5.74, 6) is 0. The molecule has 1 saturated carbocycles. The van der Waals surface area contributed by atoms with Crippen LogP contribution < -0.4 is 0 Å². The van der Waals surface area contributed by atoms with Crippen LogP contribution in [0.4, 0.5) is 0 Å². The Kier molecular flexibility index (Phi) is 3.14. The molecule has 0 aliphatic heterocycles. The van der Waals surface area contributed by atoms with E-state index in [-0.39, 0.29) is 6.61 Å². The molecular weight excluding hydrogens is 164 g/mol. The van der Waals surface area contributed by atoms with Crippen molar-refractivity contribution in [3.8, 4) is 0 Å². The molecule has 13 heavy (non-hydrogen) atoms. The molecule has 1 aliphatic carbocycles. The fourth-order valence-corrected chi connectivity index (χ4v) is 2.11. The van der Waals surface area contributed by atoms with Gasteiger partial charge in [-0.25, -0.2) is 0 Å². The normalized spacial score (nSPS) is 26.4. The predicted molar refractivity (Wildman–Crippen MR) is 53.4 cm³/mol. The fourth-order valence-electron chi connectivity index (χ4n) is 2.11. The lowest BCUT2D eigenvalue weighted by atomic mass is 9.66. The van der Waals surface area contributed by atoms with Gasteiger partial charge in [0.25, 0.3) is 0 Å². The van der Waals surface area contributed by atoms with E-state index < -0.39 is 11.0 Å². The van der Waals surface area contributed by atoms with E-state index in [4.69, 9.17) is 0 Å². The van der Waals surface area contributed by atoms with Crippen molar-refractivity contribution in [1.82, 2.24) is 0 Å². The molecule has 0 aromatic rings. The molecule has 76 valence electrons. The molecule has 0 aromatic carbocycles. The first-order valence-electron chi connectivity index (χ1n) is 5.05. The van der Waals surface area contributed by atoms with Gasteiger partial charge in [-0.1, -0.05) is 32.3 Å². The zero-order valence-electron chi connectivity index (χ0n) is 8.42. The molecule has 1 rings (SSSR count). The largest absolute Gasteiger partial charge is 0.395 e. The number of hydrogen-bond donors (Lipinski definition) is 2. The van der Waals surface area contributed by atoms with Crippen LogP contribution in [0.25, 0.3) is 0 Å². The highest BCUT2D eigenvalue weighted by Gasteiger charge is 2.44. The second-order valence-electron chi connectivity index (χ2n) is 4.37. The van der Waals surface area contributed by atoms with Crippen LogP contribution in [-0.4, -0.2) is 22.4 Å². The molecule has 0 radical (unpaired) electrons. The van der Waals surface area contributed by atoms with Crippen molar-refractivity contribution in [2.75, 3.05) is 6.61 Å². The molecule has 0 saturated heterocycles. The monoisotopic (exact) mass is 184 g/mol. The van der Waals surface area contributed by atoms with Crippen molar-refractivity contribution < 1.29 is 10.2 Å². The van der Waals surface area contributed by atoms with E-state index >= 15 is 0 Å². The Morgan fingerprint density at radius 3 is 2.31 bits per heavy atom. The molecule has 1 aliphatic rings. The Balaban J connectivity index is 2.80. The fraction of sp³-hybridized carbons (Fsp3) is 0.818. The van der Waals surface area contributed by atoms with E-state index in [0.29, 0.717) is 0 Å². The number of aliphatic hydroxyl groups excluding tert-OH is 1. The maximum atomic E-state index is 10.4. The molecule has 1 unspecified atom stereocenters. The SMILES string of the molecule is C=CC(C)(CO)C1(O)CCCCC1. The third-order valence-corrected chi connectivity index (χ3v) is 3.52. The lowest BCUT2D eigenvalue weighted by Gasteiger charge is -2.44. The Bertz CT molecular complexity index is 183. The quantitative estimate of drug-likeness (QED) is 0.657. The summed E-state index contributed by atoms with van der Waals surface area (Å²) >= 11 is 0. The molecule has 2 N–H and O–H groups in total. The third kappa shape index (κ3) is 1.79. The van der Waals surface area contributed by atoms with Crippen molar-refractivity contribution in [3.63, 3.8) is 0 Å². The van der Waals surface area contributed by atoms with E-state index in [2.05, 4.69) is 6.58 Å². The van der Waals surface area contributed by atoms with E-state index in [0.717, 1.165) is 25.7 Å². The van der Waals surface area contributed by atoms with Crippen LogP contribution in [0.5, 0.6) is 0 Å². The van der Waals surface area contributed by atoms with Gasteiger partial charge < -0.3 is 10.2 Å². The van der Waals surface area contributed by atoms with Crippen LogP contribution in [0.2, 0.25) is 0 Å². The number of rotatable bonds is 3. The zero-order chi connectivity index (χ0) is 9.95. The van der Waals surface area contributed by atoms with E-state index in [9.17, 15) is 10.2 Å². The van der Waals surface area contributed by atoms with Gasteiger partial charge in [0.2, 0.25) is 0 Å². The molecular formula is C11H20O2. The van der Waals surface area contributed by atoms with Gasteiger partial charge >= 0.3 is 0 Å². The zero-order valence-corrected chi connectivity index (χ0v) is 8.42. The molecule has 0 amide bonds. The van der Waals surface area contributed by atoms with Gasteiger partial charge in [0.15, 0.2) is 0 Å². The van der Waals surface area contributed by atoms with E-state index in [1.165, 1.54) is 6.42 Å². The molecule has 0 spiro atoms. The Labute approximate surface area is 80.3 Å². The lowest BCUT2D eigenvalue weighted by Crippen LogP contribution is -2.48. The highest BCUT2D eigenvalue weighted by atomic mass is 16.3. The lowest BCUT2D eigenvalue weighted by molar-refractivity contribution is -0.0973. The minimum Gasteiger partial charge on any atom is -0.395 e. The second kappa shape index (κ2) is 3.81. The van der Waals surface area contributed by atoms with Crippen molar-refractivity contribution in [2.45, 2.75) is 44.6 Å². The average Bonchev–Trinajstić information content (AvgIpc) is 2.17. The molecule has 0 bridgehead atoms. The van der Waals surface area contributed by atoms with Gasteiger partial charge in [-0.15, -0.1) is 6.58 Å². The van der Waals surface area contributed by atoms with Crippen LogP contribution >= 0.6 is 0 Å². The molecule has 1 fully saturated rings. The van der Waals surface area contributed by atoms with Gasteiger partial charge in [0, 0.05) is 5.41 Å². The summed E-state index contributed by atoms with van der Waals surface area (Å²) in [6.07, 6.45) is 6.57. The molecule has 0 aromatic heterocycles. The first-order valence-corrected chi connectivity index (χ1v) is 5.05. The Morgan fingerprint density at radius 1 is 1.38 bits per heavy atom. The van der Waals surface area contributed by atoms with E-state index in [1.807, 2.05) is 6.92 Å². The summed E-state index contributed by atoms with van der Waals surface area (Å²) in [5, 5.41) is 19.6. The minimum atomic E-state index is -0.734. The van der Waals surface area contributed by atoms with Crippen LogP contribution in [0.1, 0.15) is 39.0 Å². The highest BCUT2D eigenvalue weighted by molar-refractivity contribution is 5.06. The predicted octanol–water partition coefficient (Wildman–Crippen LogP) is 1.87. The van der Waals surface area contributed by atoms with Gasteiger partial charge in [0.05, 0.1) is 12.2 Å².